The maximum absolute atomic E-state index is 12.3. The molecule has 1 saturated heterocycles. The zero-order valence-corrected chi connectivity index (χ0v) is 14.2. The monoisotopic (exact) mass is 375 g/mol. The van der Waals surface area contributed by atoms with Gasteiger partial charge in [-0.25, -0.2) is 13.2 Å². The second-order valence-electron chi connectivity index (χ2n) is 5.13. The minimum atomic E-state index is -3.25. The lowest BCUT2D eigenvalue weighted by Gasteiger charge is -2.36. The van der Waals surface area contributed by atoms with E-state index in [1.54, 1.807) is 19.1 Å². The summed E-state index contributed by atoms with van der Waals surface area (Å²) in [4.78, 5) is 12.3. The standard InChI is InChI=1S/C14H18BrNO4S/c1-2-20-13(17)14(8-3-9-21(18,19)10-14)16-12-6-4-11(15)5-7-12/h4-7,16H,2-3,8-10H2,1H3. The molecule has 5 nitrogen and oxygen atoms in total. The predicted octanol–water partition coefficient (Wildman–Crippen LogP) is 2.37. The summed E-state index contributed by atoms with van der Waals surface area (Å²) >= 11 is 3.34. The first-order chi connectivity index (χ1) is 9.87. The molecule has 1 aliphatic rings. The Hall–Kier alpha value is -1.08. The van der Waals surface area contributed by atoms with Gasteiger partial charge in [0.2, 0.25) is 0 Å². The maximum Gasteiger partial charge on any atom is 0.332 e. The van der Waals surface area contributed by atoms with Crippen LogP contribution in [0.5, 0.6) is 0 Å². The SMILES string of the molecule is CCOC(=O)C1(Nc2ccc(Br)cc2)CCCS(=O)(=O)C1. The molecule has 1 aliphatic heterocycles. The van der Waals surface area contributed by atoms with Gasteiger partial charge in [0.1, 0.15) is 5.54 Å². The molecule has 1 aromatic rings. The van der Waals surface area contributed by atoms with Gasteiger partial charge in [-0.2, -0.15) is 0 Å². The Morgan fingerprint density at radius 1 is 1.38 bits per heavy atom. The molecule has 1 fully saturated rings. The second kappa shape index (κ2) is 6.36. The summed E-state index contributed by atoms with van der Waals surface area (Å²) in [7, 11) is -3.25. The van der Waals surface area contributed by atoms with E-state index in [2.05, 4.69) is 21.2 Å². The zero-order valence-electron chi connectivity index (χ0n) is 11.8. The fourth-order valence-corrected chi connectivity index (χ4v) is 4.58. The van der Waals surface area contributed by atoms with Gasteiger partial charge < -0.3 is 10.1 Å². The van der Waals surface area contributed by atoms with Crippen LogP contribution in [0.25, 0.3) is 0 Å². The van der Waals surface area contributed by atoms with Crippen LogP contribution in [-0.4, -0.2) is 38.0 Å². The third-order valence-corrected chi connectivity index (χ3v) is 5.79. The fraction of sp³-hybridized carbons (Fsp3) is 0.500. The van der Waals surface area contributed by atoms with E-state index < -0.39 is 21.3 Å². The molecule has 0 spiro atoms. The maximum atomic E-state index is 12.3. The van der Waals surface area contributed by atoms with Gasteiger partial charge in [-0.15, -0.1) is 0 Å². The molecular formula is C14H18BrNO4S. The molecule has 1 N–H and O–H groups in total. The van der Waals surface area contributed by atoms with Crippen LogP contribution in [0.3, 0.4) is 0 Å². The van der Waals surface area contributed by atoms with Gasteiger partial charge in [0.25, 0.3) is 0 Å². The van der Waals surface area contributed by atoms with Crippen LogP contribution in [0.2, 0.25) is 0 Å². The van der Waals surface area contributed by atoms with Crippen molar-refractivity contribution in [1.29, 1.82) is 0 Å². The van der Waals surface area contributed by atoms with Crippen LogP contribution in [0, 0.1) is 0 Å². The molecule has 0 aromatic heterocycles. The Labute approximate surface area is 133 Å². The van der Waals surface area contributed by atoms with Gasteiger partial charge >= 0.3 is 5.97 Å². The normalized spacial score (nSPS) is 24.3. The van der Waals surface area contributed by atoms with Crippen LogP contribution in [0.4, 0.5) is 5.69 Å². The van der Waals surface area contributed by atoms with Gasteiger partial charge in [0.15, 0.2) is 9.84 Å². The largest absolute Gasteiger partial charge is 0.464 e. The van der Waals surface area contributed by atoms with Crippen molar-refractivity contribution in [3.63, 3.8) is 0 Å². The lowest BCUT2D eigenvalue weighted by atomic mass is 9.95. The molecule has 0 radical (unpaired) electrons. The topological polar surface area (TPSA) is 72.5 Å². The quantitative estimate of drug-likeness (QED) is 0.817. The number of hydrogen-bond donors (Lipinski definition) is 1. The number of hydrogen-bond acceptors (Lipinski definition) is 5. The van der Waals surface area contributed by atoms with E-state index in [0.29, 0.717) is 18.5 Å². The van der Waals surface area contributed by atoms with E-state index in [-0.39, 0.29) is 18.1 Å². The van der Waals surface area contributed by atoms with E-state index >= 15 is 0 Å². The van der Waals surface area contributed by atoms with Crippen molar-refractivity contribution in [1.82, 2.24) is 0 Å². The Kier molecular flexibility index (Phi) is 4.93. The summed E-state index contributed by atoms with van der Waals surface area (Å²) in [6, 6.07) is 7.26. The smallest absolute Gasteiger partial charge is 0.332 e. The Balaban J connectivity index is 2.31. The van der Waals surface area contributed by atoms with Crippen molar-refractivity contribution >= 4 is 37.4 Å². The lowest BCUT2D eigenvalue weighted by Crippen LogP contribution is -2.55. The van der Waals surface area contributed by atoms with Gasteiger partial charge in [-0.05, 0) is 44.0 Å². The number of halogens is 1. The molecule has 0 amide bonds. The highest BCUT2D eigenvalue weighted by atomic mass is 79.9. The Morgan fingerprint density at radius 2 is 2.05 bits per heavy atom. The van der Waals surface area contributed by atoms with Crippen LogP contribution in [0.1, 0.15) is 19.8 Å². The number of benzene rings is 1. The van der Waals surface area contributed by atoms with Crippen LogP contribution in [-0.2, 0) is 19.4 Å². The fourth-order valence-electron chi connectivity index (χ4n) is 2.50. The molecule has 0 bridgehead atoms. The minimum Gasteiger partial charge on any atom is -0.464 e. The third-order valence-electron chi connectivity index (χ3n) is 3.42. The molecule has 21 heavy (non-hydrogen) atoms. The highest BCUT2D eigenvalue weighted by molar-refractivity contribution is 9.10. The highest BCUT2D eigenvalue weighted by Gasteiger charge is 2.46. The molecule has 1 unspecified atom stereocenters. The summed E-state index contributed by atoms with van der Waals surface area (Å²) in [6.45, 7) is 1.94. The van der Waals surface area contributed by atoms with Crippen LogP contribution in [0.15, 0.2) is 28.7 Å². The summed E-state index contributed by atoms with van der Waals surface area (Å²) in [5.41, 5.74) is -0.496. The van der Waals surface area contributed by atoms with Gasteiger partial charge in [0.05, 0.1) is 18.1 Å². The number of esters is 1. The molecule has 7 heteroatoms. The molecule has 0 saturated carbocycles. The van der Waals surface area contributed by atoms with Crippen molar-refractivity contribution in [3.8, 4) is 0 Å². The molecule has 116 valence electrons. The zero-order chi connectivity index (χ0) is 15.5. The molecular weight excluding hydrogens is 358 g/mol. The number of sulfone groups is 1. The number of rotatable bonds is 4. The van der Waals surface area contributed by atoms with Gasteiger partial charge in [-0.3, -0.25) is 0 Å². The number of carbonyl (C=O) groups excluding carboxylic acids is 1. The van der Waals surface area contributed by atoms with E-state index in [1.807, 2.05) is 12.1 Å². The number of carbonyl (C=O) groups is 1. The second-order valence-corrected chi connectivity index (χ2v) is 8.23. The third kappa shape index (κ3) is 3.97. The average molecular weight is 376 g/mol. The summed E-state index contributed by atoms with van der Waals surface area (Å²) in [6.07, 6.45) is 0.895. The van der Waals surface area contributed by atoms with Crippen molar-refractivity contribution in [2.24, 2.45) is 0 Å². The van der Waals surface area contributed by atoms with E-state index in [1.165, 1.54) is 0 Å². The number of ether oxygens (including phenoxy) is 1. The van der Waals surface area contributed by atoms with Crippen molar-refractivity contribution in [2.45, 2.75) is 25.3 Å². The molecule has 1 heterocycles. The summed E-state index contributed by atoms with van der Waals surface area (Å²) in [5.74, 6) is -0.610. The number of anilines is 1. The Morgan fingerprint density at radius 3 is 2.62 bits per heavy atom. The van der Waals surface area contributed by atoms with E-state index in [4.69, 9.17) is 4.74 Å². The van der Waals surface area contributed by atoms with E-state index in [9.17, 15) is 13.2 Å². The summed E-state index contributed by atoms with van der Waals surface area (Å²) in [5, 5.41) is 3.09. The van der Waals surface area contributed by atoms with Crippen molar-refractivity contribution in [2.75, 3.05) is 23.4 Å². The molecule has 2 rings (SSSR count). The predicted molar refractivity (Wildman–Crippen MR) is 85.0 cm³/mol. The van der Waals surface area contributed by atoms with Gasteiger partial charge in [0, 0.05) is 10.2 Å². The summed E-state index contributed by atoms with van der Waals surface area (Å²) < 4.78 is 29.9. The molecule has 1 atom stereocenters. The van der Waals surface area contributed by atoms with E-state index in [0.717, 1.165) is 4.47 Å². The average Bonchev–Trinajstić information content (AvgIpc) is 2.40. The van der Waals surface area contributed by atoms with Crippen LogP contribution < -0.4 is 5.32 Å². The van der Waals surface area contributed by atoms with Gasteiger partial charge in [-0.1, -0.05) is 15.9 Å². The highest BCUT2D eigenvalue weighted by Crippen LogP contribution is 2.29. The van der Waals surface area contributed by atoms with Crippen molar-refractivity contribution < 1.29 is 17.9 Å². The molecule has 1 aromatic carbocycles. The van der Waals surface area contributed by atoms with Crippen LogP contribution >= 0.6 is 15.9 Å². The first-order valence-corrected chi connectivity index (χ1v) is 9.40. The number of nitrogens with one attached hydrogen (secondary N) is 1. The first-order valence-electron chi connectivity index (χ1n) is 6.78. The van der Waals surface area contributed by atoms with Crippen molar-refractivity contribution in [3.05, 3.63) is 28.7 Å². The minimum absolute atomic E-state index is 0.121. The Bertz CT molecular complexity index is 614. The first kappa shape index (κ1) is 16.3. The lowest BCUT2D eigenvalue weighted by molar-refractivity contribution is -0.148. The molecule has 0 aliphatic carbocycles.